The molecule has 1 aliphatic rings. The first-order valence-corrected chi connectivity index (χ1v) is 13.4. The van der Waals surface area contributed by atoms with Crippen LogP contribution in [0.3, 0.4) is 0 Å². The molecule has 0 saturated carbocycles. The van der Waals surface area contributed by atoms with Crippen LogP contribution in [0.15, 0.2) is 49.1 Å². The van der Waals surface area contributed by atoms with Gasteiger partial charge in [-0.25, -0.2) is 0 Å². The number of carbonyl (C=O) groups is 4. The van der Waals surface area contributed by atoms with Crippen molar-refractivity contribution in [2.45, 2.75) is 84.0 Å². The average molecular weight is 550 g/mol. The molecule has 0 radical (unpaired) electrons. The maximum atomic E-state index is 13.2. The van der Waals surface area contributed by atoms with Crippen LogP contribution in [-0.2, 0) is 32.8 Å². The van der Waals surface area contributed by atoms with Gasteiger partial charge in [0.25, 0.3) is 0 Å². The highest BCUT2D eigenvalue weighted by Crippen LogP contribution is 2.26. The van der Waals surface area contributed by atoms with E-state index in [0.717, 1.165) is 0 Å². The van der Waals surface area contributed by atoms with Crippen LogP contribution in [0.5, 0.6) is 0 Å². The van der Waals surface area contributed by atoms with Gasteiger partial charge in [0, 0.05) is 32.3 Å². The molecule has 8 nitrogen and oxygen atoms in total. The molecule has 9 heteroatoms. The van der Waals surface area contributed by atoms with Crippen LogP contribution in [0.1, 0.15) is 65.7 Å². The predicted octanol–water partition coefficient (Wildman–Crippen LogP) is 4.86. The van der Waals surface area contributed by atoms with Crippen molar-refractivity contribution in [2.75, 3.05) is 7.11 Å². The van der Waals surface area contributed by atoms with Gasteiger partial charge in [-0.1, -0.05) is 44.2 Å². The number of hydrogen-bond acceptors (Lipinski definition) is 8. The summed E-state index contributed by atoms with van der Waals surface area (Å²) in [6.07, 6.45) is 9.88. The first-order chi connectivity index (χ1) is 18.1. The number of nitrogens with one attached hydrogen (secondary N) is 1. The molecule has 0 aromatic rings. The minimum absolute atomic E-state index is 0.0557. The van der Waals surface area contributed by atoms with E-state index >= 15 is 0 Å². The van der Waals surface area contributed by atoms with E-state index in [1.54, 1.807) is 32.3 Å². The second kappa shape index (κ2) is 17.9. The molecule has 1 saturated heterocycles. The van der Waals surface area contributed by atoms with Gasteiger partial charge in [0.2, 0.25) is 11.8 Å². The average Bonchev–Trinajstić information content (AvgIpc) is 2.87. The van der Waals surface area contributed by atoms with E-state index < -0.39 is 30.2 Å². The Labute approximate surface area is 232 Å². The molecule has 1 aliphatic heterocycles. The summed E-state index contributed by atoms with van der Waals surface area (Å²) < 4.78 is 16.6. The van der Waals surface area contributed by atoms with Gasteiger partial charge in [0.1, 0.15) is 24.1 Å². The molecule has 0 aromatic heterocycles. The van der Waals surface area contributed by atoms with Crippen LogP contribution in [0.2, 0.25) is 0 Å². The lowest BCUT2D eigenvalue weighted by Gasteiger charge is -2.28. The van der Waals surface area contributed by atoms with Crippen molar-refractivity contribution in [3.05, 3.63) is 49.1 Å². The zero-order valence-electron chi connectivity index (χ0n) is 23.0. The highest BCUT2D eigenvalue weighted by molar-refractivity contribution is 7.75. The number of Topliss-reactive ketones (excluding diaryl/α,β-unsaturated/α-hetero) is 1. The minimum Gasteiger partial charge on any atom is -0.457 e. The Balaban J connectivity index is 2.99. The van der Waals surface area contributed by atoms with E-state index in [9.17, 15) is 19.2 Å². The summed E-state index contributed by atoms with van der Waals surface area (Å²) in [5.41, 5.74) is 0.714. The summed E-state index contributed by atoms with van der Waals surface area (Å²) in [4.78, 5) is 49.0. The molecule has 1 fully saturated rings. The summed E-state index contributed by atoms with van der Waals surface area (Å²) in [7, 11) is 1.55. The largest absolute Gasteiger partial charge is 0.457 e. The van der Waals surface area contributed by atoms with Crippen molar-refractivity contribution >= 4 is 36.5 Å². The van der Waals surface area contributed by atoms with Crippen LogP contribution in [0, 0.1) is 17.8 Å². The number of piperidine rings is 1. The SMILES string of the molecule is C=CCC=CCC(=O)O[C@@H](/C(C)=C\[C@@H](C)[C@H](OS)C(C=C)OC)[C@H](C)C(=O)CCCC1CC(=O)NC(=O)C1. The van der Waals surface area contributed by atoms with Gasteiger partial charge in [-0.05, 0) is 50.6 Å². The van der Waals surface area contributed by atoms with Crippen molar-refractivity contribution in [1.82, 2.24) is 5.32 Å². The fraction of sp³-hybridized carbons (Fsp3) is 0.586. The number of imide groups is 1. The lowest BCUT2D eigenvalue weighted by Crippen LogP contribution is -2.38. The van der Waals surface area contributed by atoms with Gasteiger partial charge in [-0.3, -0.25) is 24.5 Å². The van der Waals surface area contributed by atoms with E-state index in [2.05, 4.69) is 31.4 Å². The third kappa shape index (κ3) is 11.5. The monoisotopic (exact) mass is 549 g/mol. The van der Waals surface area contributed by atoms with E-state index in [-0.39, 0.29) is 55.1 Å². The lowest BCUT2D eigenvalue weighted by atomic mass is 9.86. The molecule has 0 aromatic carbocycles. The van der Waals surface area contributed by atoms with Crippen LogP contribution in [-0.4, -0.2) is 49.0 Å². The molecule has 1 heterocycles. The Kier molecular flexibility index (Phi) is 15.8. The number of thiol groups is 1. The summed E-state index contributed by atoms with van der Waals surface area (Å²) in [5, 5.41) is 2.30. The van der Waals surface area contributed by atoms with Gasteiger partial charge >= 0.3 is 5.97 Å². The van der Waals surface area contributed by atoms with Crippen LogP contribution >= 0.6 is 12.9 Å². The first-order valence-electron chi connectivity index (χ1n) is 13.0. The predicted molar refractivity (Wildman–Crippen MR) is 150 cm³/mol. The quantitative estimate of drug-likeness (QED) is 0.0826. The Morgan fingerprint density at radius 3 is 2.37 bits per heavy atom. The van der Waals surface area contributed by atoms with Crippen LogP contribution < -0.4 is 5.32 Å². The number of allylic oxidation sites excluding steroid dienone is 2. The summed E-state index contributed by atoms with van der Waals surface area (Å²) >= 11 is 4.00. The Morgan fingerprint density at radius 1 is 1.16 bits per heavy atom. The summed E-state index contributed by atoms with van der Waals surface area (Å²) in [6.45, 7) is 12.9. The van der Waals surface area contributed by atoms with E-state index in [1.807, 2.05) is 26.0 Å². The molecule has 1 N–H and O–H groups in total. The number of ether oxygens (including phenoxy) is 2. The number of hydrogen-bond donors (Lipinski definition) is 2. The van der Waals surface area contributed by atoms with Crippen molar-refractivity contribution in [3.63, 3.8) is 0 Å². The molecule has 0 spiro atoms. The Bertz CT molecular complexity index is 881. The van der Waals surface area contributed by atoms with Crippen LogP contribution in [0.4, 0.5) is 0 Å². The second-order valence-electron chi connectivity index (χ2n) is 9.78. The number of rotatable bonds is 18. The van der Waals surface area contributed by atoms with E-state index in [0.29, 0.717) is 24.8 Å². The number of ketones is 1. The molecule has 38 heavy (non-hydrogen) atoms. The lowest BCUT2D eigenvalue weighted by molar-refractivity contribution is -0.150. The number of carbonyl (C=O) groups excluding carboxylic acids is 4. The van der Waals surface area contributed by atoms with Crippen molar-refractivity contribution in [2.24, 2.45) is 17.8 Å². The smallest absolute Gasteiger partial charge is 0.310 e. The summed E-state index contributed by atoms with van der Waals surface area (Å²) in [6, 6.07) is 0. The Hall–Kier alpha value is -2.49. The molecule has 212 valence electrons. The van der Waals surface area contributed by atoms with Gasteiger partial charge in [0.15, 0.2) is 0 Å². The third-order valence-electron chi connectivity index (χ3n) is 6.68. The van der Waals surface area contributed by atoms with Crippen molar-refractivity contribution < 1.29 is 32.8 Å². The summed E-state index contributed by atoms with van der Waals surface area (Å²) in [5.74, 6) is -1.89. The van der Waals surface area contributed by atoms with Crippen LogP contribution in [0.25, 0.3) is 0 Å². The van der Waals surface area contributed by atoms with Crippen molar-refractivity contribution in [1.29, 1.82) is 0 Å². The fourth-order valence-corrected chi connectivity index (χ4v) is 4.91. The molecular formula is C29H43NO7S. The van der Waals surface area contributed by atoms with Gasteiger partial charge in [-0.2, -0.15) is 0 Å². The number of esters is 1. The number of amides is 2. The topological polar surface area (TPSA) is 108 Å². The zero-order chi connectivity index (χ0) is 28.7. The van der Waals surface area contributed by atoms with Gasteiger partial charge in [0.05, 0.1) is 12.3 Å². The van der Waals surface area contributed by atoms with E-state index in [4.69, 9.17) is 13.7 Å². The molecule has 0 bridgehead atoms. The maximum absolute atomic E-state index is 13.2. The number of methoxy groups -OCH3 is 1. The molecule has 0 aliphatic carbocycles. The highest BCUT2D eigenvalue weighted by atomic mass is 32.1. The zero-order valence-corrected chi connectivity index (χ0v) is 23.9. The van der Waals surface area contributed by atoms with E-state index in [1.165, 1.54) is 0 Å². The second-order valence-corrected chi connectivity index (χ2v) is 9.99. The molecule has 1 unspecified atom stereocenters. The van der Waals surface area contributed by atoms with Gasteiger partial charge < -0.3 is 13.7 Å². The molecule has 2 amide bonds. The van der Waals surface area contributed by atoms with Crippen molar-refractivity contribution in [3.8, 4) is 0 Å². The van der Waals surface area contributed by atoms with Gasteiger partial charge in [-0.15, -0.1) is 13.2 Å². The normalized spacial score (nSPS) is 18.8. The third-order valence-corrected chi connectivity index (χ3v) is 6.92. The Morgan fingerprint density at radius 2 is 1.82 bits per heavy atom. The fourth-order valence-electron chi connectivity index (χ4n) is 4.59. The first kappa shape index (κ1) is 33.5. The highest BCUT2D eigenvalue weighted by Gasteiger charge is 2.31. The maximum Gasteiger partial charge on any atom is 0.310 e. The standard InChI is InChI=1S/C29H43NO7S/c1-7-9-10-11-15-27(34)36-28(19(3)16-20(4)29(37-38)24(8-2)35-6)21(5)23(31)14-12-13-22-17-25(32)30-26(33)18-22/h7-8,10-11,16,20-22,24,28-29,38H,1-2,9,12-15,17-18H2,3-6H3,(H,30,32,33)/b11-10?,19-16-/t20-,21-,24?,28+,29+/m1/s1. The molecule has 1 rings (SSSR count). The molecular weight excluding hydrogens is 506 g/mol. The minimum atomic E-state index is -0.766. The molecule has 5 atom stereocenters.